The number of carbonyl (C=O) groups is 2. The van der Waals surface area contributed by atoms with Crippen molar-refractivity contribution in [3.05, 3.63) is 125 Å². The van der Waals surface area contributed by atoms with Gasteiger partial charge in [-0.15, -0.1) is 0 Å². The molecule has 0 bridgehead atoms. The van der Waals surface area contributed by atoms with Crippen molar-refractivity contribution in [1.29, 1.82) is 0 Å². The van der Waals surface area contributed by atoms with Crippen LogP contribution in [0.2, 0.25) is 0 Å². The molecule has 4 aromatic carbocycles. The Kier molecular flexibility index (Phi) is 6.35. The van der Waals surface area contributed by atoms with Crippen LogP contribution in [0.1, 0.15) is 37.4 Å². The van der Waals surface area contributed by atoms with Crippen LogP contribution in [0.4, 0.5) is 10.1 Å². The molecule has 1 N–H and O–H groups in total. The largest absolute Gasteiger partial charge is 0.348 e. The summed E-state index contributed by atoms with van der Waals surface area (Å²) in [6.07, 6.45) is 0. The van der Waals surface area contributed by atoms with E-state index in [1.165, 1.54) is 59.5 Å². The van der Waals surface area contributed by atoms with Crippen LogP contribution < -0.4 is 10.2 Å². The van der Waals surface area contributed by atoms with E-state index in [9.17, 15) is 22.4 Å². The van der Waals surface area contributed by atoms with Crippen molar-refractivity contribution in [2.75, 3.05) is 4.90 Å². The standard InChI is InChI=1S/C29H23FN2O4S/c1-19-6-8-20(9-7-19)17-31-28(33)22-12-15-27-25(16-22)32(18-21-10-13-23(30)14-11-21)29(34)24-4-2-3-5-26(24)37(27,35)36/h2-16H,17-18H2,1H3,(H,31,33). The van der Waals surface area contributed by atoms with Gasteiger partial charge in [-0.1, -0.05) is 54.1 Å². The highest BCUT2D eigenvalue weighted by atomic mass is 32.2. The number of nitrogens with one attached hydrogen (secondary N) is 1. The second kappa shape index (κ2) is 9.63. The third-order valence-electron chi connectivity index (χ3n) is 6.28. The number of halogens is 1. The zero-order chi connectivity index (χ0) is 26.2. The van der Waals surface area contributed by atoms with Gasteiger partial charge in [0.15, 0.2) is 0 Å². The van der Waals surface area contributed by atoms with Gasteiger partial charge in [0.1, 0.15) is 5.82 Å². The van der Waals surface area contributed by atoms with Crippen molar-refractivity contribution in [2.24, 2.45) is 0 Å². The van der Waals surface area contributed by atoms with Crippen LogP contribution in [0.25, 0.3) is 0 Å². The zero-order valence-corrected chi connectivity index (χ0v) is 20.8. The number of anilines is 1. The van der Waals surface area contributed by atoms with Crippen LogP contribution in [0, 0.1) is 12.7 Å². The van der Waals surface area contributed by atoms with E-state index >= 15 is 0 Å². The highest BCUT2D eigenvalue weighted by Gasteiger charge is 2.36. The number of benzene rings is 4. The molecule has 186 valence electrons. The molecular formula is C29H23FN2O4S. The molecule has 0 atom stereocenters. The van der Waals surface area contributed by atoms with Gasteiger partial charge in [0, 0.05) is 12.1 Å². The summed E-state index contributed by atoms with van der Waals surface area (Å²) < 4.78 is 40.7. The van der Waals surface area contributed by atoms with Gasteiger partial charge in [-0.3, -0.25) is 9.59 Å². The molecule has 2 amide bonds. The molecule has 4 aromatic rings. The number of fused-ring (bicyclic) bond motifs is 2. The number of nitrogens with zero attached hydrogens (tertiary/aromatic N) is 1. The third kappa shape index (κ3) is 4.75. The molecule has 0 aliphatic carbocycles. The lowest BCUT2D eigenvalue weighted by Crippen LogP contribution is -2.31. The van der Waals surface area contributed by atoms with Crippen molar-refractivity contribution in [3.63, 3.8) is 0 Å². The Balaban J connectivity index is 1.56. The second-order valence-corrected chi connectivity index (χ2v) is 10.8. The van der Waals surface area contributed by atoms with Crippen molar-refractivity contribution < 1.29 is 22.4 Å². The van der Waals surface area contributed by atoms with Crippen LogP contribution in [0.3, 0.4) is 0 Å². The highest BCUT2D eigenvalue weighted by Crippen LogP contribution is 2.38. The first-order valence-electron chi connectivity index (χ1n) is 11.6. The highest BCUT2D eigenvalue weighted by molar-refractivity contribution is 7.91. The number of hydrogen-bond donors (Lipinski definition) is 1. The van der Waals surface area contributed by atoms with Crippen molar-refractivity contribution >= 4 is 27.3 Å². The van der Waals surface area contributed by atoms with E-state index in [2.05, 4.69) is 5.32 Å². The number of sulfone groups is 1. The maximum Gasteiger partial charge on any atom is 0.259 e. The van der Waals surface area contributed by atoms with Crippen LogP contribution in [-0.2, 0) is 22.9 Å². The van der Waals surface area contributed by atoms with E-state index in [1.54, 1.807) is 12.1 Å². The summed E-state index contributed by atoms with van der Waals surface area (Å²) in [6.45, 7) is 2.26. The fourth-order valence-electron chi connectivity index (χ4n) is 4.27. The van der Waals surface area contributed by atoms with E-state index in [-0.39, 0.29) is 39.7 Å². The van der Waals surface area contributed by atoms with Crippen molar-refractivity contribution in [2.45, 2.75) is 29.8 Å². The van der Waals surface area contributed by atoms with Crippen molar-refractivity contribution in [1.82, 2.24) is 5.32 Å². The van der Waals surface area contributed by atoms with Gasteiger partial charge in [-0.05, 0) is 60.5 Å². The molecule has 6 nitrogen and oxygen atoms in total. The predicted octanol–water partition coefficient (Wildman–Crippen LogP) is 5.06. The number of amides is 2. The van der Waals surface area contributed by atoms with Gasteiger partial charge in [-0.25, -0.2) is 12.8 Å². The normalized spacial score (nSPS) is 13.9. The Labute approximate surface area is 214 Å². The minimum Gasteiger partial charge on any atom is -0.348 e. The van der Waals surface area contributed by atoms with Crippen LogP contribution in [0.5, 0.6) is 0 Å². The summed E-state index contributed by atoms with van der Waals surface area (Å²) >= 11 is 0. The average molecular weight is 515 g/mol. The first kappa shape index (κ1) is 24.4. The lowest BCUT2D eigenvalue weighted by Gasteiger charge is -2.23. The number of aryl methyl sites for hydroxylation is 1. The van der Waals surface area contributed by atoms with E-state index in [0.29, 0.717) is 5.56 Å². The minimum absolute atomic E-state index is 0.00952. The molecule has 1 aliphatic heterocycles. The van der Waals surface area contributed by atoms with Gasteiger partial charge < -0.3 is 10.2 Å². The number of hydrogen-bond acceptors (Lipinski definition) is 4. The van der Waals surface area contributed by atoms with Crippen molar-refractivity contribution in [3.8, 4) is 0 Å². The predicted molar refractivity (Wildman–Crippen MR) is 138 cm³/mol. The van der Waals surface area contributed by atoms with Crippen LogP contribution >= 0.6 is 0 Å². The molecule has 0 unspecified atom stereocenters. The molecule has 1 heterocycles. The Bertz CT molecular complexity index is 1610. The monoisotopic (exact) mass is 514 g/mol. The SMILES string of the molecule is Cc1ccc(CNC(=O)c2ccc3c(c2)N(Cc2ccc(F)cc2)C(=O)c2ccccc2S3(=O)=O)cc1. The Morgan fingerprint density at radius 3 is 2.27 bits per heavy atom. The Morgan fingerprint density at radius 2 is 1.54 bits per heavy atom. The fourth-order valence-corrected chi connectivity index (χ4v) is 5.90. The molecular weight excluding hydrogens is 491 g/mol. The maximum absolute atomic E-state index is 13.7. The molecule has 0 saturated carbocycles. The molecule has 0 aromatic heterocycles. The van der Waals surface area contributed by atoms with Gasteiger partial charge in [0.05, 0.1) is 27.6 Å². The molecule has 8 heteroatoms. The summed E-state index contributed by atoms with van der Waals surface area (Å²) in [5.41, 5.74) is 2.96. The molecule has 0 spiro atoms. The summed E-state index contributed by atoms with van der Waals surface area (Å²) in [7, 11) is -4.06. The average Bonchev–Trinajstić information content (AvgIpc) is 2.97. The van der Waals surface area contributed by atoms with Gasteiger partial charge >= 0.3 is 0 Å². The topological polar surface area (TPSA) is 83.6 Å². The number of carbonyl (C=O) groups excluding carboxylic acids is 2. The first-order valence-corrected chi connectivity index (χ1v) is 13.1. The lowest BCUT2D eigenvalue weighted by atomic mass is 10.1. The summed E-state index contributed by atoms with van der Waals surface area (Å²) in [5, 5.41) is 2.84. The third-order valence-corrected chi connectivity index (χ3v) is 8.14. The molecule has 5 rings (SSSR count). The fraction of sp³-hybridized carbons (Fsp3) is 0.103. The molecule has 37 heavy (non-hydrogen) atoms. The Hall–Kier alpha value is -4.30. The van der Waals surface area contributed by atoms with E-state index in [1.807, 2.05) is 31.2 Å². The van der Waals surface area contributed by atoms with Gasteiger partial charge in [0.25, 0.3) is 11.8 Å². The smallest absolute Gasteiger partial charge is 0.259 e. The summed E-state index contributed by atoms with van der Waals surface area (Å²) in [6, 6.07) is 23.6. The van der Waals surface area contributed by atoms with E-state index in [0.717, 1.165) is 11.1 Å². The van der Waals surface area contributed by atoms with E-state index < -0.39 is 27.5 Å². The second-order valence-electron chi connectivity index (χ2n) is 8.87. The molecule has 0 saturated heterocycles. The maximum atomic E-state index is 13.7. The zero-order valence-electron chi connectivity index (χ0n) is 19.9. The number of rotatable bonds is 5. The minimum atomic E-state index is -4.06. The molecule has 1 aliphatic rings. The first-order chi connectivity index (χ1) is 17.7. The van der Waals surface area contributed by atoms with E-state index in [4.69, 9.17) is 0 Å². The van der Waals surface area contributed by atoms with Gasteiger partial charge in [0.2, 0.25) is 9.84 Å². The lowest BCUT2D eigenvalue weighted by molar-refractivity contribution is 0.0947. The van der Waals surface area contributed by atoms with Gasteiger partial charge in [-0.2, -0.15) is 0 Å². The molecule has 0 radical (unpaired) electrons. The Morgan fingerprint density at radius 1 is 0.865 bits per heavy atom. The molecule has 0 fully saturated rings. The van der Waals surface area contributed by atoms with Crippen LogP contribution in [0.15, 0.2) is 101 Å². The summed E-state index contributed by atoms with van der Waals surface area (Å²) in [5.74, 6) is -1.36. The summed E-state index contributed by atoms with van der Waals surface area (Å²) in [4.78, 5) is 27.8. The van der Waals surface area contributed by atoms with Crippen LogP contribution in [-0.4, -0.2) is 20.2 Å². The quantitative estimate of drug-likeness (QED) is 0.404.